The van der Waals surface area contributed by atoms with E-state index in [1.165, 1.54) is 12.2 Å². The van der Waals surface area contributed by atoms with Crippen LogP contribution in [0.1, 0.15) is 22.3 Å². The zero-order valence-corrected chi connectivity index (χ0v) is 18.1. The molecule has 1 aliphatic rings. The average molecular weight is 447 g/mol. The Hall–Kier alpha value is -3.04. The number of amides is 1. The van der Waals surface area contributed by atoms with E-state index in [2.05, 4.69) is 23.8 Å². The quantitative estimate of drug-likeness (QED) is 0.285. The summed E-state index contributed by atoms with van der Waals surface area (Å²) in [6, 6.07) is 4.37. The van der Waals surface area contributed by atoms with Crippen LogP contribution >= 0.6 is 12.2 Å². The van der Waals surface area contributed by atoms with Crippen LogP contribution in [-0.4, -0.2) is 53.8 Å². The van der Waals surface area contributed by atoms with Crippen LogP contribution in [0, 0.1) is 18.8 Å². The zero-order valence-electron chi connectivity index (χ0n) is 17.3. The molecular weight excluding hydrogens is 420 g/mol. The molecule has 2 rings (SSSR count). The summed E-state index contributed by atoms with van der Waals surface area (Å²) in [5, 5.41) is 15.1. The first-order valence-electron chi connectivity index (χ1n) is 9.71. The minimum atomic E-state index is -1.02. The number of aliphatic hydroxyl groups excluding tert-OH is 1. The summed E-state index contributed by atoms with van der Waals surface area (Å²) >= 11 is 4.82. The van der Waals surface area contributed by atoms with Crippen molar-refractivity contribution in [2.24, 2.45) is 11.8 Å². The fourth-order valence-corrected chi connectivity index (χ4v) is 3.60. The van der Waals surface area contributed by atoms with Crippen LogP contribution in [0.2, 0.25) is 0 Å². The van der Waals surface area contributed by atoms with Gasteiger partial charge in [-0.25, -0.2) is 4.79 Å². The molecule has 8 nitrogen and oxygen atoms in total. The van der Waals surface area contributed by atoms with Crippen molar-refractivity contribution in [3.63, 3.8) is 0 Å². The van der Waals surface area contributed by atoms with E-state index >= 15 is 0 Å². The Morgan fingerprint density at radius 1 is 1.29 bits per heavy atom. The van der Waals surface area contributed by atoms with E-state index in [4.69, 9.17) is 21.7 Å². The molecule has 0 saturated carbocycles. The molecule has 166 valence electrons. The van der Waals surface area contributed by atoms with Gasteiger partial charge < -0.3 is 25.2 Å². The minimum Gasteiger partial charge on any atom is -0.501 e. The van der Waals surface area contributed by atoms with Crippen LogP contribution in [0.3, 0.4) is 0 Å². The minimum absolute atomic E-state index is 0.000163. The number of carbonyl (C=O) groups excluding carboxylic acids is 3. The third-order valence-electron chi connectivity index (χ3n) is 4.80. The lowest BCUT2D eigenvalue weighted by Gasteiger charge is -2.19. The second kappa shape index (κ2) is 11.4. The molecule has 1 aromatic carbocycles. The van der Waals surface area contributed by atoms with Gasteiger partial charge in [0.15, 0.2) is 5.05 Å². The lowest BCUT2D eigenvalue weighted by atomic mass is 9.90. The van der Waals surface area contributed by atoms with Gasteiger partial charge in [-0.05, 0) is 43.6 Å². The molecule has 1 heterocycles. The monoisotopic (exact) mass is 446 g/mol. The number of aryl methyl sites for hydroxylation is 1. The van der Waals surface area contributed by atoms with Crippen molar-refractivity contribution >= 4 is 40.8 Å². The normalized spacial score (nSPS) is 18.5. The maximum absolute atomic E-state index is 12.8. The summed E-state index contributed by atoms with van der Waals surface area (Å²) in [5.41, 5.74) is 1.38. The van der Waals surface area contributed by atoms with E-state index in [1.54, 1.807) is 18.2 Å². The Morgan fingerprint density at radius 2 is 1.97 bits per heavy atom. The molecule has 0 bridgehead atoms. The topological polar surface area (TPSA) is 114 Å². The van der Waals surface area contributed by atoms with Gasteiger partial charge in [-0.1, -0.05) is 36.9 Å². The highest BCUT2D eigenvalue weighted by Gasteiger charge is 2.40. The Morgan fingerprint density at radius 3 is 2.61 bits per heavy atom. The maximum atomic E-state index is 12.8. The van der Waals surface area contributed by atoms with Gasteiger partial charge in [0.2, 0.25) is 5.91 Å². The maximum Gasteiger partial charge on any atom is 0.340 e. The molecule has 1 amide bonds. The summed E-state index contributed by atoms with van der Waals surface area (Å²) in [4.78, 5) is 37.4. The lowest BCUT2D eigenvalue weighted by molar-refractivity contribution is -0.146. The van der Waals surface area contributed by atoms with Crippen molar-refractivity contribution in [1.29, 1.82) is 0 Å². The molecule has 1 aromatic rings. The molecule has 1 fully saturated rings. The number of anilines is 1. The second-order valence-corrected chi connectivity index (χ2v) is 7.53. The Kier molecular flexibility index (Phi) is 8.89. The van der Waals surface area contributed by atoms with Gasteiger partial charge in [-0.15, -0.1) is 0 Å². The van der Waals surface area contributed by atoms with Crippen molar-refractivity contribution in [2.45, 2.75) is 19.4 Å². The predicted octanol–water partition coefficient (Wildman–Crippen LogP) is 2.49. The lowest BCUT2D eigenvalue weighted by Crippen LogP contribution is -2.35. The van der Waals surface area contributed by atoms with Crippen molar-refractivity contribution < 1.29 is 29.0 Å². The number of rotatable bonds is 10. The van der Waals surface area contributed by atoms with E-state index in [9.17, 15) is 19.5 Å². The molecule has 3 atom stereocenters. The number of thiocarbonyl (C=S) groups is 1. The fourth-order valence-electron chi connectivity index (χ4n) is 3.31. The van der Waals surface area contributed by atoms with Crippen LogP contribution in [0.5, 0.6) is 0 Å². The molecule has 0 aliphatic carbocycles. The Balaban J connectivity index is 2.09. The first-order valence-corrected chi connectivity index (χ1v) is 10.1. The smallest absolute Gasteiger partial charge is 0.340 e. The van der Waals surface area contributed by atoms with Crippen LogP contribution in [0.25, 0.3) is 0 Å². The number of carbonyl (C=O) groups is 3. The van der Waals surface area contributed by atoms with Crippen LogP contribution in [0.15, 0.2) is 43.5 Å². The van der Waals surface area contributed by atoms with Gasteiger partial charge in [0.1, 0.15) is 19.1 Å². The number of hydrogen-bond donors (Lipinski definition) is 3. The first kappa shape index (κ1) is 24.2. The molecule has 0 spiro atoms. The summed E-state index contributed by atoms with van der Waals surface area (Å²) < 4.78 is 10.1. The molecule has 9 heteroatoms. The van der Waals surface area contributed by atoms with Crippen LogP contribution < -0.4 is 10.6 Å². The SMILES string of the molecule is C=CCOC(=O)c1cc(C)ccc1NC(=O)C1CC(C(C(=O)OCC=C)C(O)=S)CN1. The van der Waals surface area contributed by atoms with Gasteiger partial charge in [0.05, 0.1) is 17.3 Å². The summed E-state index contributed by atoms with van der Waals surface area (Å²) in [5.74, 6) is -3.06. The third kappa shape index (κ3) is 6.47. The van der Waals surface area contributed by atoms with Gasteiger partial charge in [0, 0.05) is 6.54 Å². The number of ether oxygens (including phenoxy) is 2. The summed E-state index contributed by atoms with van der Waals surface area (Å²) in [6.07, 6.45) is 3.12. The van der Waals surface area contributed by atoms with Crippen molar-refractivity contribution in [1.82, 2.24) is 5.32 Å². The van der Waals surface area contributed by atoms with Crippen molar-refractivity contribution in [2.75, 3.05) is 25.1 Å². The molecule has 0 radical (unpaired) electrons. The third-order valence-corrected chi connectivity index (χ3v) is 5.06. The summed E-state index contributed by atoms with van der Waals surface area (Å²) in [6.45, 7) is 9.14. The Labute approximate surface area is 186 Å². The van der Waals surface area contributed by atoms with E-state index < -0.39 is 34.9 Å². The van der Waals surface area contributed by atoms with E-state index in [-0.39, 0.29) is 37.6 Å². The highest BCUT2D eigenvalue weighted by Crippen LogP contribution is 2.26. The molecule has 0 aromatic heterocycles. The van der Waals surface area contributed by atoms with Crippen molar-refractivity contribution in [3.8, 4) is 0 Å². The van der Waals surface area contributed by atoms with Gasteiger partial charge >= 0.3 is 11.9 Å². The van der Waals surface area contributed by atoms with Gasteiger partial charge in [-0.2, -0.15) is 0 Å². The largest absolute Gasteiger partial charge is 0.501 e. The van der Waals surface area contributed by atoms with Gasteiger partial charge in [0.25, 0.3) is 0 Å². The van der Waals surface area contributed by atoms with Crippen LogP contribution in [0.4, 0.5) is 5.69 Å². The molecule has 31 heavy (non-hydrogen) atoms. The predicted molar refractivity (Wildman–Crippen MR) is 120 cm³/mol. The number of hydrogen-bond acceptors (Lipinski definition) is 7. The van der Waals surface area contributed by atoms with E-state index in [0.29, 0.717) is 5.69 Å². The second-order valence-electron chi connectivity index (χ2n) is 7.12. The standard InChI is InChI=1S/C22H26N2O6S/c1-4-8-29-20(26)15-10-13(3)6-7-16(15)24-19(25)17-11-14(12-23-17)18(22(28)31)21(27)30-9-5-2/h4-7,10,14,17-18,23H,1-2,8-9,11-12H2,3H3,(H,24,25)(H,28,31). The average Bonchev–Trinajstić information content (AvgIpc) is 3.21. The zero-order chi connectivity index (χ0) is 23.0. The highest BCUT2D eigenvalue weighted by molar-refractivity contribution is 7.80. The number of benzene rings is 1. The molecular formula is C22H26N2O6S. The summed E-state index contributed by atoms with van der Waals surface area (Å²) in [7, 11) is 0. The molecule has 1 aliphatic heterocycles. The van der Waals surface area contributed by atoms with Crippen LogP contribution in [-0.2, 0) is 19.1 Å². The fraction of sp³-hybridized carbons (Fsp3) is 0.364. The van der Waals surface area contributed by atoms with E-state index in [1.807, 2.05) is 6.92 Å². The van der Waals surface area contributed by atoms with Crippen molar-refractivity contribution in [3.05, 3.63) is 54.6 Å². The first-order chi connectivity index (χ1) is 14.8. The molecule has 3 N–H and O–H groups in total. The highest BCUT2D eigenvalue weighted by atomic mass is 32.1. The molecule has 1 saturated heterocycles. The van der Waals surface area contributed by atoms with Gasteiger partial charge in [-0.3, -0.25) is 9.59 Å². The Bertz CT molecular complexity index is 885. The number of nitrogens with one attached hydrogen (secondary N) is 2. The van der Waals surface area contributed by atoms with E-state index in [0.717, 1.165) is 5.56 Å². The number of esters is 2. The molecule has 3 unspecified atom stereocenters. The number of aliphatic hydroxyl groups is 1.